The number of fused-ring (bicyclic) bond motifs is 3. The lowest BCUT2D eigenvalue weighted by molar-refractivity contribution is 0.0694. The van der Waals surface area contributed by atoms with Gasteiger partial charge < -0.3 is 29.5 Å². The molecule has 2 aromatic rings. The molecule has 0 unspecified atom stereocenters. The van der Waals surface area contributed by atoms with Crippen LogP contribution in [0.4, 0.5) is 10.1 Å². The first-order valence-corrected chi connectivity index (χ1v) is 13.7. The van der Waals surface area contributed by atoms with Crippen molar-refractivity contribution in [1.29, 1.82) is 0 Å². The van der Waals surface area contributed by atoms with Crippen LogP contribution in [0, 0.1) is 17.7 Å². The second-order valence-electron chi connectivity index (χ2n) is 11.2. The number of methoxy groups -OCH3 is 1. The van der Waals surface area contributed by atoms with E-state index in [-0.39, 0.29) is 28.8 Å². The van der Waals surface area contributed by atoms with Gasteiger partial charge in [-0.15, -0.1) is 0 Å². The molecule has 198 valence electrons. The first-order valence-electron chi connectivity index (χ1n) is 13.3. The smallest absolute Gasteiger partial charge is 0.341 e. The number of carbonyl (C=O) groups is 1. The van der Waals surface area contributed by atoms with Gasteiger partial charge in [0.05, 0.1) is 18.0 Å². The van der Waals surface area contributed by atoms with Crippen molar-refractivity contribution in [2.24, 2.45) is 11.8 Å². The fourth-order valence-electron chi connectivity index (χ4n) is 6.85. The van der Waals surface area contributed by atoms with Crippen LogP contribution in [0.25, 0.3) is 10.9 Å². The Kier molecular flexibility index (Phi) is 6.05. The summed E-state index contributed by atoms with van der Waals surface area (Å²) >= 11 is 5.81. The van der Waals surface area contributed by atoms with Crippen molar-refractivity contribution in [3.8, 4) is 5.75 Å². The van der Waals surface area contributed by atoms with Crippen LogP contribution in [-0.2, 0) is 0 Å². The summed E-state index contributed by atoms with van der Waals surface area (Å²) in [4.78, 5) is 28.8. The topological polar surface area (TPSA) is 87.0 Å². The molecule has 1 aliphatic heterocycles. The van der Waals surface area contributed by atoms with Crippen molar-refractivity contribution in [2.45, 2.75) is 63.6 Å². The van der Waals surface area contributed by atoms with E-state index in [1.807, 2.05) is 4.90 Å². The van der Waals surface area contributed by atoms with Crippen LogP contribution in [0.3, 0.4) is 0 Å². The number of pyridine rings is 1. The molecule has 0 radical (unpaired) electrons. The Labute approximate surface area is 220 Å². The lowest BCUT2D eigenvalue weighted by Gasteiger charge is -2.43. The SMILES string of the molecule is COc1c(N2CCN(C(=S)N[C@@H]3C[C@@H]4CC[C@@H]3C4)[C@H](C)C2)c(F)cc2c(=O)c(C(=O)O)cn(C3CC3)c12. The molecule has 10 heteroatoms. The summed E-state index contributed by atoms with van der Waals surface area (Å²) in [6.07, 6.45) is 8.27. The second kappa shape index (κ2) is 9.15. The number of carboxylic acid groups (broad SMARTS) is 1. The molecule has 4 atom stereocenters. The lowest BCUT2D eigenvalue weighted by Crippen LogP contribution is -2.58. The van der Waals surface area contributed by atoms with Gasteiger partial charge in [-0.05, 0) is 69.1 Å². The molecule has 2 bridgehead atoms. The van der Waals surface area contributed by atoms with Crippen LogP contribution >= 0.6 is 12.2 Å². The number of anilines is 1. The quantitative estimate of drug-likeness (QED) is 0.568. The van der Waals surface area contributed by atoms with Crippen LogP contribution in [0.1, 0.15) is 61.8 Å². The Hall–Kier alpha value is -2.88. The average molecular weight is 529 g/mol. The Morgan fingerprint density at radius 3 is 2.59 bits per heavy atom. The fraction of sp³-hybridized carbons (Fsp3) is 0.593. The number of hydrogen-bond acceptors (Lipinski definition) is 5. The number of benzene rings is 1. The Morgan fingerprint density at radius 1 is 1.22 bits per heavy atom. The number of ether oxygens (including phenoxy) is 1. The number of nitrogens with one attached hydrogen (secondary N) is 1. The normalized spacial score (nSPS) is 27.1. The number of rotatable bonds is 5. The molecule has 1 aromatic carbocycles. The van der Waals surface area contributed by atoms with Gasteiger partial charge in [-0.2, -0.15) is 0 Å². The predicted octanol–water partition coefficient (Wildman–Crippen LogP) is 3.76. The lowest BCUT2D eigenvalue weighted by atomic mass is 9.95. The molecule has 3 saturated carbocycles. The van der Waals surface area contributed by atoms with E-state index >= 15 is 4.39 Å². The third-order valence-corrected chi connectivity index (χ3v) is 9.18. The summed E-state index contributed by atoms with van der Waals surface area (Å²) in [6.45, 7) is 3.81. The molecule has 0 spiro atoms. The Balaban J connectivity index is 1.30. The van der Waals surface area contributed by atoms with Crippen LogP contribution < -0.4 is 20.4 Å². The minimum absolute atomic E-state index is 0.0350. The number of nitrogens with zero attached hydrogens (tertiary/aromatic N) is 3. The van der Waals surface area contributed by atoms with Crippen LogP contribution in [0.5, 0.6) is 5.75 Å². The highest BCUT2D eigenvalue weighted by atomic mass is 32.1. The highest BCUT2D eigenvalue weighted by Gasteiger charge is 2.41. The van der Waals surface area contributed by atoms with E-state index < -0.39 is 17.2 Å². The summed E-state index contributed by atoms with van der Waals surface area (Å²) in [5.41, 5.74) is -0.281. The minimum atomic E-state index is -1.32. The molecule has 37 heavy (non-hydrogen) atoms. The number of piperazine rings is 1. The molecule has 1 aromatic heterocycles. The zero-order valence-electron chi connectivity index (χ0n) is 21.2. The molecule has 2 heterocycles. The van der Waals surface area contributed by atoms with Crippen LogP contribution in [0.2, 0.25) is 0 Å². The number of hydrogen-bond donors (Lipinski definition) is 2. The number of halogens is 1. The van der Waals surface area contributed by atoms with Gasteiger partial charge in [-0.1, -0.05) is 6.42 Å². The molecule has 8 nitrogen and oxygen atoms in total. The monoisotopic (exact) mass is 528 g/mol. The molecule has 2 N–H and O–H groups in total. The van der Waals surface area contributed by atoms with Crippen LogP contribution in [-0.4, -0.2) is 64.5 Å². The third-order valence-electron chi connectivity index (χ3n) is 8.82. The van der Waals surface area contributed by atoms with Crippen molar-refractivity contribution < 1.29 is 19.0 Å². The summed E-state index contributed by atoms with van der Waals surface area (Å²) < 4.78 is 23.2. The van der Waals surface area contributed by atoms with Crippen molar-refractivity contribution in [2.75, 3.05) is 31.6 Å². The minimum Gasteiger partial charge on any atom is -0.492 e. The number of thiocarbonyl (C=S) groups is 1. The molecular formula is C27H33FN4O4S. The van der Waals surface area contributed by atoms with Crippen molar-refractivity contribution in [3.05, 3.63) is 33.9 Å². The summed E-state index contributed by atoms with van der Waals surface area (Å²) in [6, 6.07) is 1.76. The zero-order valence-corrected chi connectivity index (χ0v) is 22.0. The highest BCUT2D eigenvalue weighted by Crippen LogP contribution is 2.45. The van der Waals surface area contributed by atoms with Crippen LogP contribution in [0.15, 0.2) is 17.1 Å². The summed E-state index contributed by atoms with van der Waals surface area (Å²) in [5.74, 6) is -0.0672. The fourth-order valence-corrected chi connectivity index (χ4v) is 7.27. The maximum absolute atomic E-state index is 15.7. The number of aromatic nitrogens is 1. The molecule has 1 saturated heterocycles. The van der Waals surface area contributed by atoms with Gasteiger partial charge in [-0.25, -0.2) is 9.18 Å². The number of aromatic carboxylic acids is 1. The molecule has 4 fully saturated rings. The van der Waals surface area contributed by atoms with Gasteiger partial charge in [0.25, 0.3) is 0 Å². The van der Waals surface area contributed by atoms with Gasteiger partial charge in [0.15, 0.2) is 16.7 Å². The molecule has 4 aliphatic rings. The maximum Gasteiger partial charge on any atom is 0.341 e. The zero-order chi connectivity index (χ0) is 26.0. The molecular weight excluding hydrogens is 495 g/mol. The van der Waals surface area contributed by atoms with E-state index in [2.05, 4.69) is 17.1 Å². The van der Waals surface area contributed by atoms with Crippen molar-refractivity contribution in [3.63, 3.8) is 0 Å². The van der Waals surface area contributed by atoms with Crippen molar-refractivity contribution in [1.82, 2.24) is 14.8 Å². The summed E-state index contributed by atoms with van der Waals surface area (Å²) in [7, 11) is 1.47. The van der Waals surface area contributed by atoms with E-state index in [1.165, 1.54) is 45.1 Å². The predicted molar refractivity (Wildman–Crippen MR) is 143 cm³/mol. The largest absolute Gasteiger partial charge is 0.492 e. The van der Waals surface area contributed by atoms with E-state index in [0.29, 0.717) is 36.9 Å². The van der Waals surface area contributed by atoms with E-state index in [0.717, 1.165) is 29.8 Å². The summed E-state index contributed by atoms with van der Waals surface area (Å²) in [5, 5.41) is 14.0. The van der Waals surface area contributed by atoms with E-state index in [4.69, 9.17) is 17.0 Å². The average Bonchev–Trinajstić information content (AvgIpc) is 3.50. The van der Waals surface area contributed by atoms with E-state index in [9.17, 15) is 14.7 Å². The Bertz CT molecular complexity index is 1340. The second-order valence-corrected chi connectivity index (χ2v) is 11.6. The molecule has 6 rings (SSSR count). The number of carboxylic acids is 1. The standard InChI is InChI=1S/C27H33FN4O4S/c1-14-12-30(7-8-31(14)27(37)29-21-10-15-3-4-16(21)9-15)23-20(28)11-18-22(25(23)36-2)32(17-5-6-17)13-19(24(18)33)26(34)35/h11,13-17,21H,3-10,12H2,1-2H3,(H,29,37)(H,34,35)/t14-,15-,16-,21-/m1/s1. The molecule has 3 aliphatic carbocycles. The van der Waals surface area contributed by atoms with Gasteiger partial charge in [0, 0.05) is 44.0 Å². The Morgan fingerprint density at radius 2 is 2.00 bits per heavy atom. The first kappa shape index (κ1) is 24.5. The van der Waals surface area contributed by atoms with Crippen molar-refractivity contribution >= 4 is 39.9 Å². The van der Waals surface area contributed by atoms with Gasteiger partial charge in [-0.3, -0.25) is 4.79 Å². The highest BCUT2D eigenvalue weighted by molar-refractivity contribution is 7.80. The van der Waals surface area contributed by atoms with Gasteiger partial charge in [0.2, 0.25) is 5.43 Å². The van der Waals surface area contributed by atoms with Gasteiger partial charge in [0.1, 0.15) is 11.3 Å². The van der Waals surface area contributed by atoms with Gasteiger partial charge >= 0.3 is 5.97 Å². The van der Waals surface area contributed by atoms with E-state index in [1.54, 1.807) is 4.57 Å². The third kappa shape index (κ3) is 4.13. The maximum atomic E-state index is 15.7. The molecule has 0 amide bonds. The first-order chi connectivity index (χ1) is 17.8.